The molecule has 0 saturated heterocycles. The zero-order valence-electron chi connectivity index (χ0n) is 14.8. The van der Waals surface area contributed by atoms with Crippen LogP contribution < -0.4 is 0 Å². The summed E-state index contributed by atoms with van der Waals surface area (Å²) in [5.74, 6) is 2.20. The third kappa shape index (κ3) is 3.37. The Morgan fingerprint density at radius 2 is 1.59 bits per heavy atom. The van der Waals surface area contributed by atoms with Crippen molar-refractivity contribution in [1.29, 1.82) is 0 Å². The summed E-state index contributed by atoms with van der Waals surface area (Å²) in [6, 6.07) is 14.2. The monoisotopic (exact) mass is 294 g/mol. The van der Waals surface area contributed by atoms with Crippen molar-refractivity contribution in [1.82, 2.24) is 0 Å². The highest BCUT2D eigenvalue weighted by atomic mass is 14.3. The summed E-state index contributed by atoms with van der Waals surface area (Å²) < 4.78 is 0. The van der Waals surface area contributed by atoms with Crippen LogP contribution in [0.1, 0.15) is 76.8 Å². The topological polar surface area (TPSA) is 0 Å². The standard InChI is InChI=1S/C22H30/c1-15(2)12-21(22(3,4)5)20-11-10-18-13-17(16-6-7-16)8-9-19(18)14-20/h8-11,13-16,21H,6-7,12H2,1-5H3. The number of hydrogen-bond acceptors (Lipinski definition) is 0. The molecule has 0 heteroatoms. The van der Waals surface area contributed by atoms with E-state index in [0.29, 0.717) is 11.3 Å². The van der Waals surface area contributed by atoms with Gasteiger partial charge in [-0.3, -0.25) is 0 Å². The zero-order valence-corrected chi connectivity index (χ0v) is 14.8. The summed E-state index contributed by atoms with van der Waals surface area (Å²) in [6.07, 6.45) is 4.02. The first-order valence-electron chi connectivity index (χ1n) is 8.88. The molecule has 0 spiro atoms. The molecule has 0 amide bonds. The molecular weight excluding hydrogens is 264 g/mol. The van der Waals surface area contributed by atoms with Gasteiger partial charge in [0.1, 0.15) is 0 Å². The van der Waals surface area contributed by atoms with Crippen LogP contribution in [0.15, 0.2) is 36.4 Å². The van der Waals surface area contributed by atoms with Crippen molar-refractivity contribution >= 4 is 10.8 Å². The van der Waals surface area contributed by atoms with Crippen molar-refractivity contribution in [3.8, 4) is 0 Å². The van der Waals surface area contributed by atoms with Gasteiger partial charge in [-0.25, -0.2) is 0 Å². The molecule has 0 radical (unpaired) electrons. The Hall–Kier alpha value is -1.30. The Labute approximate surface area is 135 Å². The lowest BCUT2D eigenvalue weighted by Crippen LogP contribution is -2.20. The predicted molar refractivity (Wildman–Crippen MR) is 97.6 cm³/mol. The minimum absolute atomic E-state index is 0.311. The van der Waals surface area contributed by atoms with E-state index in [9.17, 15) is 0 Å². The van der Waals surface area contributed by atoms with Crippen molar-refractivity contribution in [2.24, 2.45) is 11.3 Å². The van der Waals surface area contributed by atoms with Gasteiger partial charge in [0.15, 0.2) is 0 Å². The van der Waals surface area contributed by atoms with Gasteiger partial charge in [0.25, 0.3) is 0 Å². The Morgan fingerprint density at radius 3 is 2.18 bits per heavy atom. The minimum atomic E-state index is 0.311. The largest absolute Gasteiger partial charge is 0.0628 e. The molecule has 2 aromatic rings. The maximum Gasteiger partial charge on any atom is -0.0111 e. The van der Waals surface area contributed by atoms with E-state index in [1.165, 1.54) is 41.2 Å². The number of hydrogen-bond donors (Lipinski definition) is 0. The van der Waals surface area contributed by atoms with Crippen molar-refractivity contribution in [2.45, 2.75) is 65.7 Å². The molecule has 0 aliphatic heterocycles. The van der Waals surface area contributed by atoms with E-state index < -0.39 is 0 Å². The Bertz CT molecular complexity index is 653. The first-order chi connectivity index (χ1) is 10.3. The number of benzene rings is 2. The van der Waals surface area contributed by atoms with Crippen LogP contribution in [0.4, 0.5) is 0 Å². The van der Waals surface area contributed by atoms with E-state index in [4.69, 9.17) is 0 Å². The van der Waals surface area contributed by atoms with Crippen LogP contribution >= 0.6 is 0 Å². The van der Waals surface area contributed by atoms with Crippen molar-refractivity contribution in [3.05, 3.63) is 47.5 Å². The van der Waals surface area contributed by atoms with E-state index in [1.54, 1.807) is 0 Å². The SMILES string of the molecule is CC(C)CC(c1ccc2cc(C3CC3)ccc2c1)C(C)(C)C. The normalized spacial score (nSPS) is 17.2. The molecule has 1 atom stereocenters. The Kier molecular flexibility index (Phi) is 4.05. The van der Waals surface area contributed by atoms with Crippen LogP contribution in [0.3, 0.4) is 0 Å². The van der Waals surface area contributed by atoms with Gasteiger partial charge in [-0.1, -0.05) is 71.0 Å². The third-order valence-electron chi connectivity index (χ3n) is 5.09. The molecule has 22 heavy (non-hydrogen) atoms. The fourth-order valence-electron chi connectivity index (χ4n) is 3.63. The van der Waals surface area contributed by atoms with Gasteiger partial charge >= 0.3 is 0 Å². The van der Waals surface area contributed by atoms with Gasteiger partial charge in [-0.05, 0) is 64.3 Å². The van der Waals surface area contributed by atoms with Crippen LogP contribution in [0.2, 0.25) is 0 Å². The highest BCUT2D eigenvalue weighted by Crippen LogP contribution is 2.43. The van der Waals surface area contributed by atoms with E-state index in [1.807, 2.05) is 0 Å². The molecule has 1 fully saturated rings. The number of rotatable bonds is 4. The molecule has 1 aliphatic rings. The maximum absolute atomic E-state index is 2.43. The van der Waals surface area contributed by atoms with E-state index >= 15 is 0 Å². The summed E-state index contributed by atoms with van der Waals surface area (Å²) >= 11 is 0. The molecule has 3 rings (SSSR count). The average Bonchev–Trinajstić information content (AvgIpc) is 3.27. The molecule has 0 N–H and O–H groups in total. The van der Waals surface area contributed by atoms with Gasteiger partial charge in [0.05, 0.1) is 0 Å². The Balaban J connectivity index is 1.97. The van der Waals surface area contributed by atoms with Gasteiger partial charge < -0.3 is 0 Å². The summed E-state index contributed by atoms with van der Waals surface area (Å²) in [7, 11) is 0. The molecule has 1 saturated carbocycles. The quantitative estimate of drug-likeness (QED) is 0.575. The van der Waals surface area contributed by atoms with Crippen LogP contribution in [-0.2, 0) is 0 Å². The molecule has 0 aromatic heterocycles. The molecule has 118 valence electrons. The lowest BCUT2D eigenvalue weighted by atomic mass is 9.72. The molecular formula is C22H30. The Morgan fingerprint density at radius 1 is 0.955 bits per heavy atom. The minimum Gasteiger partial charge on any atom is -0.0628 e. The van der Waals surface area contributed by atoms with Gasteiger partial charge in [0.2, 0.25) is 0 Å². The molecule has 0 heterocycles. The second-order valence-corrected chi connectivity index (χ2v) is 8.69. The predicted octanol–water partition coefficient (Wildman–Crippen LogP) is 6.89. The second-order valence-electron chi connectivity index (χ2n) is 8.69. The summed E-state index contributed by atoms with van der Waals surface area (Å²) in [6.45, 7) is 11.8. The van der Waals surface area contributed by atoms with E-state index in [2.05, 4.69) is 71.0 Å². The van der Waals surface area contributed by atoms with E-state index in [0.717, 1.165) is 11.8 Å². The van der Waals surface area contributed by atoms with Crippen molar-refractivity contribution in [2.75, 3.05) is 0 Å². The highest BCUT2D eigenvalue weighted by molar-refractivity contribution is 5.84. The third-order valence-corrected chi connectivity index (χ3v) is 5.09. The van der Waals surface area contributed by atoms with Crippen LogP contribution in [-0.4, -0.2) is 0 Å². The molecule has 1 unspecified atom stereocenters. The fourth-order valence-corrected chi connectivity index (χ4v) is 3.63. The molecule has 2 aromatic carbocycles. The first kappa shape index (κ1) is 15.6. The highest BCUT2D eigenvalue weighted by Gasteiger charge is 2.27. The van der Waals surface area contributed by atoms with Crippen molar-refractivity contribution < 1.29 is 0 Å². The maximum atomic E-state index is 2.43. The van der Waals surface area contributed by atoms with E-state index in [-0.39, 0.29) is 0 Å². The molecule has 1 aliphatic carbocycles. The number of fused-ring (bicyclic) bond motifs is 1. The van der Waals surface area contributed by atoms with Gasteiger partial charge in [-0.2, -0.15) is 0 Å². The summed E-state index contributed by atoms with van der Waals surface area (Å²) in [4.78, 5) is 0. The average molecular weight is 294 g/mol. The van der Waals surface area contributed by atoms with Gasteiger partial charge in [-0.15, -0.1) is 0 Å². The molecule has 0 nitrogen and oxygen atoms in total. The second kappa shape index (κ2) is 5.72. The fraction of sp³-hybridized carbons (Fsp3) is 0.545. The van der Waals surface area contributed by atoms with Gasteiger partial charge in [0, 0.05) is 0 Å². The first-order valence-corrected chi connectivity index (χ1v) is 8.88. The van der Waals surface area contributed by atoms with Crippen LogP contribution in [0.25, 0.3) is 10.8 Å². The summed E-state index contributed by atoms with van der Waals surface area (Å²) in [5.41, 5.74) is 3.36. The smallest absolute Gasteiger partial charge is 0.0111 e. The zero-order chi connectivity index (χ0) is 15.9. The summed E-state index contributed by atoms with van der Waals surface area (Å²) in [5, 5.41) is 2.81. The lowest BCUT2D eigenvalue weighted by molar-refractivity contribution is 0.280. The van der Waals surface area contributed by atoms with Crippen LogP contribution in [0, 0.1) is 11.3 Å². The van der Waals surface area contributed by atoms with Crippen LogP contribution in [0.5, 0.6) is 0 Å². The van der Waals surface area contributed by atoms with Crippen molar-refractivity contribution in [3.63, 3.8) is 0 Å². The molecule has 0 bridgehead atoms. The lowest BCUT2D eigenvalue weighted by Gasteiger charge is -2.33.